The summed E-state index contributed by atoms with van der Waals surface area (Å²) < 4.78 is 13.0. The van der Waals surface area contributed by atoms with E-state index < -0.39 is 35.3 Å². The molecule has 0 aliphatic carbocycles. The molecule has 0 saturated carbocycles. The quantitative estimate of drug-likeness (QED) is 0.681. The summed E-state index contributed by atoms with van der Waals surface area (Å²) in [6.07, 6.45) is 2.57. The van der Waals surface area contributed by atoms with Gasteiger partial charge in [-0.25, -0.2) is 14.6 Å². The summed E-state index contributed by atoms with van der Waals surface area (Å²) in [5.74, 6) is -0.412. The van der Waals surface area contributed by atoms with E-state index in [4.69, 9.17) is 9.47 Å². The summed E-state index contributed by atoms with van der Waals surface area (Å²) in [6.45, 7) is 13.5. The molecule has 0 spiro atoms. The number of carbonyl (C=O) groups is 3. The number of anilines is 1. The highest BCUT2D eigenvalue weighted by Crippen LogP contribution is 2.20. The highest BCUT2D eigenvalue weighted by molar-refractivity contribution is 5.97. The molecule has 1 atom stereocenters. The molecule has 0 bridgehead atoms. The third-order valence-corrected chi connectivity index (χ3v) is 5.28. The SMILES string of the molecule is Cc1cn(Cc2cccc(NC(=O)C3CN(C(=O)OC(C)(C)C)CCN3C(=O)OC(C)(C)C)c2)cn1. The van der Waals surface area contributed by atoms with Gasteiger partial charge >= 0.3 is 12.2 Å². The number of nitrogens with zero attached hydrogens (tertiary/aromatic N) is 4. The molecule has 36 heavy (non-hydrogen) atoms. The van der Waals surface area contributed by atoms with E-state index in [1.165, 1.54) is 9.80 Å². The number of benzene rings is 1. The Bertz CT molecular complexity index is 1100. The van der Waals surface area contributed by atoms with Crippen molar-refractivity contribution >= 4 is 23.8 Å². The lowest BCUT2D eigenvalue weighted by molar-refractivity contribution is -0.123. The minimum atomic E-state index is -0.943. The lowest BCUT2D eigenvalue weighted by Gasteiger charge is -2.41. The lowest BCUT2D eigenvalue weighted by atomic mass is 10.1. The minimum absolute atomic E-state index is 0.00596. The second-order valence-corrected chi connectivity index (χ2v) is 11.0. The van der Waals surface area contributed by atoms with Crippen molar-refractivity contribution in [2.24, 2.45) is 0 Å². The Hall–Kier alpha value is -3.56. The Labute approximate surface area is 212 Å². The van der Waals surface area contributed by atoms with E-state index in [-0.39, 0.29) is 19.6 Å². The molecule has 10 heteroatoms. The molecule has 1 aromatic heterocycles. The first-order valence-corrected chi connectivity index (χ1v) is 12.1. The molecule has 2 heterocycles. The molecule has 1 aliphatic heterocycles. The van der Waals surface area contributed by atoms with E-state index in [1.807, 2.05) is 35.9 Å². The lowest BCUT2D eigenvalue weighted by Crippen LogP contribution is -2.61. The fourth-order valence-electron chi connectivity index (χ4n) is 3.78. The van der Waals surface area contributed by atoms with Crippen LogP contribution in [0.2, 0.25) is 0 Å². The third-order valence-electron chi connectivity index (χ3n) is 5.28. The van der Waals surface area contributed by atoms with Crippen LogP contribution < -0.4 is 5.32 Å². The zero-order valence-electron chi connectivity index (χ0n) is 22.2. The molecule has 2 aromatic rings. The van der Waals surface area contributed by atoms with E-state index in [9.17, 15) is 14.4 Å². The number of piperazine rings is 1. The molecular formula is C26H37N5O5. The van der Waals surface area contributed by atoms with Crippen molar-refractivity contribution in [1.82, 2.24) is 19.4 Å². The molecule has 196 valence electrons. The van der Waals surface area contributed by atoms with Gasteiger partial charge in [0, 0.05) is 31.5 Å². The molecule has 1 N–H and O–H groups in total. The van der Waals surface area contributed by atoms with Gasteiger partial charge in [0.25, 0.3) is 0 Å². The van der Waals surface area contributed by atoms with Gasteiger partial charge in [-0.15, -0.1) is 0 Å². The van der Waals surface area contributed by atoms with Crippen molar-refractivity contribution in [3.05, 3.63) is 48.0 Å². The molecule has 1 aromatic carbocycles. The number of hydrogen-bond donors (Lipinski definition) is 1. The van der Waals surface area contributed by atoms with Crippen LogP contribution in [0.15, 0.2) is 36.8 Å². The number of nitrogens with one attached hydrogen (secondary N) is 1. The molecule has 1 saturated heterocycles. The van der Waals surface area contributed by atoms with Crippen LogP contribution in [0.5, 0.6) is 0 Å². The average Bonchev–Trinajstić information content (AvgIpc) is 3.15. The highest BCUT2D eigenvalue weighted by Gasteiger charge is 2.40. The maximum atomic E-state index is 13.4. The maximum absolute atomic E-state index is 13.4. The van der Waals surface area contributed by atoms with E-state index in [0.717, 1.165) is 11.3 Å². The number of aryl methyl sites for hydroxylation is 1. The average molecular weight is 500 g/mol. The first kappa shape index (κ1) is 27.0. The standard InChI is InChI=1S/C26H37N5O5/c1-18-14-29(17-27-18)15-19-9-8-10-20(13-19)28-22(32)21-16-30(23(33)35-25(2,3)4)11-12-31(21)24(34)36-26(5,6)7/h8-10,13-14,17,21H,11-12,15-16H2,1-7H3,(H,28,32). The van der Waals surface area contributed by atoms with Gasteiger partial charge in [-0.2, -0.15) is 0 Å². The summed E-state index contributed by atoms with van der Waals surface area (Å²) >= 11 is 0. The van der Waals surface area contributed by atoms with Crippen LogP contribution >= 0.6 is 0 Å². The molecule has 10 nitrogen and oxygen atoms in total. The van der Waals surface area contributed by atoms with Crippen LogP contribution in [0, 0.1) is 6.92 Å². The van der Waals surface area contributed by atoms with Crippen molar-refractivity contribution < 1.29 is 23.9 Å². The number of rotatable bonds is 4. The minimum Gasteiger partial charge on any atom is -0.444 e. The Morgan fingerprint density at radius 1 is 1.03 bits per heavy atom. The monoisotopic (exact) mass is 499 g/mol. The molecule has 3 amide bonds. The third kappa shape index (κ3) is 7.73. The van der Waals surface area contributed by atoms with Crippen molar-refractivity contribution in [3.8, 4) is 0 Å². The van der Waals surface area contributed by atoms with Gasteiger partial charge in [0.15, 0.2) is 0 Å². The summed E-state index contributed by atoms with van der Waals surface area (Å²) in [4.78, 5) is 46.1. The van der Waals surface area contributed by atoms with E-state index >= 15 is 0 Å². The van der Waals surface area contributed by atoms with Gasteiger partial charge in [0.1, 0.15) is 17.2 Å². The van der Waals surface area contributed by atoms with Gasteiger partial charge in [-0.3, -0.25) is 9.69 Å². The summed E-state index contributed by atoms with van der Waals surface area (Å²) in [7, 11) is 0. The Balaban J connectivity index is 1.77. The predicted molar refractivity (Wildman–Crippen MR) is 136 cm³/mol. The van der Waals surface area contributed by atoms with Crippen LogP contribution in [0.25, 0.3) is 0 Å². The van der Waals surface area contributed by atoms with Crippen molar-refractivity contribution in [2.75, 3.05) is 25.0 Å². The predicted octanol–water partition coefficient (Wildman–Crippen LogP) is 4.03. The fourth-order valence-corrected chi connectivity index (χ4v) is 3.78. The Morgan fingerprint density at radius 2 is 1.69 bits per heavy atom. The van der Waals surface area contributed by atoms with Gasteiger partial charge in [0.05, 0.1) is 18.6 Å². The number of amides is 3. The molecule has 1 unspecified atom stereocenters. The van der Waals surface area contributed by atoms with Gasteiger partial charge in [0.2, 0.25) is 5.91 Å². The van der Waals surface area contributed by atoms with Crippen LogP contribution in [-0.2, 0) is 20.8 Å². The maximum Gasteiger partial charge on any atom is 0.411 e. The van der Waals surface area contributed by atoms with Crippen LogP contribution in [0.4, 0.5) is 15.3 Å². The van der Waals surface area contributed by atoms with Crippen LogP contribution in [-0.4, -0.2) is 74.3 Å². The number of imidazole rings is 1. The molecule has 0 radical (unpaired) electrons. The van der Waals surface area contributed by atoms with Crippen molar-refractivity contribution in [3.63, 3.8) is 0 Å². The zero-order valence-corrected chi connectivity index (χ0v) is 22.2. The van der Waals surface area contributed by atoms with E-state index in [2.05, 4.69) is 10.3 Å². The second-order valence-electron chi connectivity index (χ2n) is 11.0. The molecular weight excluding hydrogens is 462 g/mol. The smallest absolute Gasteiger partial charge is 0.411 e. The Morgan fingerprint density at radius 3 is 2.31 bits per heavy atom. The molecule has 1 fully saturated rings. The van der Waals surface area contributed by atoms with E-state index in [1.54, 1.807) is 53.9 Å². The molecule has 1 aliphatic rings. The normalized spacial score (nSPS) is 16.5. The first-order chi connectivity index (χ1) is 16.7. The van der Waals surface area contributed by atoms with Gasteiger partial charge in [-0.1, -0.05) is 12.1 Å². The summed E-state index contributed by atoms with van der Waals surface area (Å²) in [5, 5.41) is 2.91. The summed E-state index contributed by atoms with van der Waals surface area (Å²) in [6, 6.07) is 6.53. The van der Waals surface area contributed by atoms with Crippen LogP contribution in [0.3, 0.4) is 0 Å². The Kier molecular flexibility index (Phi) is 7.96. The topological polar surface area (TPSA) is 106 Å². The number of ether oxygens (including phenoxy) is 2. The fraction of sp³-hybridized carbons (Fsp3) is 0.538. The highest BCUT2D eigenvalue weighted by atomic mass is 16.6. The zero-order chi connectivity index (χ0) is 26.7. The number of hydrogen-bond acceptors (Lipinski definition) is 6. The van der Waals surface area contributed by atoms with Gasteiger partial charge in [-0.05, 0) is 66.2 Å². The van der Waals surface area contributed by atoms with E-state index in [0.29, 0.717) is 12.2 Å². The van der Waals surface area contributed by atoms with Crippen LogP contribution in [0.1, 0.15) is 52.8 Å². The number of aromatic nitrogens is 2. The van der Waals surface area contributed by atoms with Crippen molar-refractivity contribution in [2.45, 2.75) is 72.3 Å². The second kappa shape index (κ2) is 10.6. The van der Waals surface area contributed by atoms with Crippen molar-refractivity contribution in [1.29, 1.82) is 0 Å². The molecule has 3 rings (SSSR count). The number of carbonyl (C=O) groups excluding carboxylic acids is 3. The first-order valence-electron chi connectivity index (χ1n) is 12.1. The largest absolute Gasteiger partial charge is 0.444 e. The summed E-state index contributed by atoms with van der Waals surface area (Å²) in [5.41, 5.74) is 1.10. The van der Waals surface area contributed by atoms with Gasteiger partial charge < -0.3 is 24.3 Å².